The van der Waals surface area contributed by atoms with Gasteiger partial charge in [0.1, 0.15) is 11.6 Å². The van der Waals surface area contributed by atoms with Crippen molar-refractivity contribution in [3.63, 3.8) is 0 Å². The lowest BCUT2D eigenvalue weighted by molar-refractivity contribution is 0.332. The number of hydrogen-bond acceptors (Lipinski definition) is 5. The molecule has 34 heavy (non-hydrogen) atoms. The van der Waals surface area contributed by atoms with E-state index in [0.29, 0.717) is 6.54 Å². The zero-order valence-electron chi connectivity index (χ0n) is 21.1. The van der Waals surface area contributed by atoms with E-state index in [4.69, 9.17) is 10.1 Å². The van der Waals surface area contributed by atoms with Gasteiger partial charge in [0.05, 0.1) is 19.2 Å². The molecule has 188 valence electrons. The number of unbranched alkanes of at least 4 members (excludes halogenated alkanes) is 1. The Morgan fingerprint density at radius 2 is 1.94 bits per heavy atom. The molecule has 1 saturated heterocycles. The van der Waals surface area contributed by atoms with Gasteiger partial charge in [-0.3, -0.25) is 4.99 Å². The van der Waals surface area contributed by atoms with Crippen LogP contribution in [0.25, 0.3) is 0 Å². The summed E-state index contributed by atoms with van der Waals surface area (Å²) in [5.41, 5.74) is 9.24. The van der Waals surface area contributed by atoms with Gasteiger partial charge in [-0.25, -0.2) is 5.43 Å². The third-order valence-electron chi connectivity index (χ3n) is 6.32. The van der Waals surface area contributed by atoms with Crippen molar-refractivity contribution in [2.75, 3.05) is 19.7 Å². The van der Waals surface area contributed by atoms with E-state index < -0.39 is 0 Å². The maximum absolute atomic E-state index is 9.45. The van der Waals surface area contributed by atoms with Gasteiger partial charge in [-0.15, -0.1) is 0 Å². The average Bonchev–Trinajstić information content (AvgIpc) is 3.15. The molecule has 2 fully saturated rings. The highest BCUT2D eigenvalue weighted by atomic mass is 16.3. The van der Waals surface area contributed by atoms with Crippen LogP contribution in [0.2, 0.25) is 0 Å². The molecule has 5 N–H and O–H groups in total. The molecule has 2 unspecified atom stereocenters. The zero-order valence-corrected chi connectivity index (χ0v) is 21.1. The van der Waals surface area contributed by atoms with Crippen LogP contribution in [0.15, 0.2) is 76.6 Å². The van der Waals surface area contributed by atoms with Gasteiger partial charge in [-0.05, 0) is 70.2 Å². The van der Waals surface area contributed by atoms with Crippen molar-refractivity contribution in [2.45, 2.75) is 71.4 Å². The first-order valence-corrected chi connectivity index (χ1v) is 12.7. The Morgan fingerprint density at radius 3 is 2.62 bits per heavy atom. The SMILES string of the molecule is C/C=C(\C=C/CC/C=C\C(O)=C/CO)C1NNC(=NC/C=C\C=C(/C)CCNC2CCC2)C1C. The molecular formula is C28H44N4O2. The van der Waals surface area contributed by atoms with E-state index in [1.54, 1.807) is 6.08 Å². The monoisotopic (exact) mass is 468 g/mol. The predicted octanol–water partition coefficient (Wildman–Crippen LogP) is 4.81. The highest BCUT2D eigenvalue weighted by molar-refractivity contribution is 5.87. The molecule has 0 spiro atoms. The minimum atomic E-state index is -0.155. The molecule has 0 aromatic rings. The number of nitrogens with one attached hydrogen (secondary N) is 3. The van der Waals surface area contributed by atoms with Crippen molar-refractivity contribution in [2.24, 2.45) is 10.9 Å². The Kier molecular flexibility index (Phi) is 13.3. The minimum Gasteiger partial charge on any atom is -0.508 e. The second-order valence-corrected chi connectivity index (χ2v) is 9.02. The van der Waals surface area contributed by atoms with Crippen LogP contribution in [0.1, 0.15) is 59.3 Å². The lowest BCUT2D eigenvalue weighted by Gasteiger charge is -2.26. The van der Waals surface area contributed by atoms with E-state index in [-0.39, 0.29) is 24.3 Å². The number of hydrogen-bond donors (Lipinski definition) is 5. The predicted molar refractivity (Wildman–Crippen MR) is 144 cm³/mol. The molecule has 1 aliphatic heterocycles. The van der Waals surface area contributed by atoms with Gasteiger partial charge < -0.3 is 21.0 Å². The van der Waals surface area contributed by atoms with Crippen LogP contribution < -0.4 is 16.2 Å². The third-order valence-corrected chi connectivity index (χ3v) is 6.32. The lowest BCUT2D eigenvalue weighted by Crippen LogP contribution is -2.35. The Labute approximate surface area is 206 Å². The summed E-state index contributed by atoms with van der Waals surface area (Å²) >= 11 is 0. The van der Waals surface area contributed by atoms with Crippen LogP contribution in [0.3, 0.4) is 0 Å². The summed E-state index contributed by atoms with van der Waals surface area (Å²) in [4.78, 5) is 4.73. The zero-order chi connectivity index (χ0) is 24.6. The molecule has 1 heterocycles. The molecule has 2 atom stereocenters. The van der Waals surface area contributed by atoms with E-state index >= 15 is 0 Å². The molecule has 0 bridgehead atoms. The van der Waals surface area contributed by atoms with Crippen LogP contribution in [0, 0.1) is 5.92 Å². The summed E-state index contributed by atoms with van der Waals surface area (Å²) in [5.74, 6) is 1.35. The fraction of sp³-hybridized carbons (Fsp3) is 0.536. The van der Waals surface area contributed by atoms with Gasteiger partial charge in [0.25, 0.3) is 0 Å². The molecule has 0 aromatic heterocycles. The van der Waals surface area contributed by atoms with Gasteiger partial charge in [-0.1, -0.05) is 61.4 Å². The summed E-state index contributed by atoms with van der Waals surface area (Å²) < 4.78 is 0. The molecule has 2 rings (SSSR count). The Balaban J connectivity index is 1.72. The lowest BCUT2D eigenvalue weighted by atomic mass is 9.93. The fourth-order valence-corrected chi connectivity index (χ4v) is 3.87. The molecular weight excluding hydrogens is 424 g/mol. The first-order chi connectivity index (χ1) is 16.5. The van der Waals surface area contributed by atoms with Gasteiger partial charge in [-0.2, -0.15) is 0 Å². The molecule has 6 nitrogen and oxygen atoms in total. The van der Waals surface area contributed by atoms with Crippen LogP contribution >= 0.6 is 0 Å². The van der Waals surface area contributed by atoms with E-state index in [2.05, 4.69) is 73.4 Å². The Hall–Kier alpha value is -2.41. The smallest absolute Gasteiger partial charge is 0.116 e. The average molecular weight is 469 g/mol. The molecule has 6 heteroatoms. The van der Waals surface area contributed by atoms with Crippen LogP contribution in [-0.2, 0) is 0 Å². The van der Waals surface area contributed by atoms with Crippen molar-refractivity contribution >= 4 is 5.84 Å². The quantitative estimate of drug-likeness (QED) is 0.143. The molecule has 1 saturated carbocycles. The maximum Gasteiger partial charge on any atom is 0.116 e. The summed E-state index contributed by atoms with van der Waals surface area (Å²) in [6, 6.07) is 0.940. The van der Waals surface area contributed by atoms with E-state index in [0.717, 1.165) is 37.7 Å². The Morgan fingerprint density at radius 1 is 1.18 bits per heavy atom. The van der Waals surface area contributed by atoms with Gasteiger partial charge in [0.2, 0.25) is 0 Å². The second-order valence-electron chi connectivity index (χ2n) is 9.02. The maximum atomic E-state index is 9.45. The van der Waals surface area contributed by atoms with Gasteiger partial charge in [0, 0.05) is 12.0 Å². The summed E-state index contributed by atoms with van der Waals surface area (Å²) in [6.07, 6.45) is 24.6. The summed E-state index contributed by atoms with van der Waals surface area (Å²) in [5, 5.41) is 21.8. The van der Waals surface area contributed by atoms with Crippen molar-refractivity contribution in [3.8, 4) is 0 Å². The number of hydrazine groups is 1. The largest absolute Gasteiger partial charge is 0.508 e. The molecule has 0 radical (unpaired) electrons. The first-order valence-electron chi connectivity index (χ1n) is 12.7. The van der Waals surface area contributed by atoms with Crippen molar-refractivity contribution in [1.29, 1.82) is 0 Å². The van der Waals surface area contributed by atoms with Crippen molar-refractivity contribution in [3.05, 3.63) is 71.6 Å². The van der Waals surface area contributed by atoms with E-state index in [1.165, 1.54) is 36.5 Å². The van der Waals surface area contributed by atoms with Gasteiger partial charge in [0.15, 0.2) is 0 Å². The number of amidine groups is 1. The summed E-state index contributed by atoms with van der Waals surface area (Å²) in [6.45, 7) is 8.01. The fourth-order valence-electron chi connectivity index (χ4n) is 3.87. The van der Waals surface area contributed by atoms with Crippen molar-refractivity contribution < 1.29 is 10.2 Å². The number of allylic oxidation sites excluding steroid dienone is 6. The minimum absolute atomic E-state index is 0.0972. The highest BCUT2D eigenvalue weighted by Crippen LogP contribution is 2.19. The second kappa shape index (κ2) is 16.3. The molecule has 0 aromatic carbocycles. The Bertz CT molecular complexity index is 816. The topological polar surface area (TPSA) is 88.9 Å². The number of aliphatic hydroxyl groups excluding tert-OH is 2. The van der Waals surface area contributed by atoms with Crippen molar-refractivity contribution in [1.82, 2.24) is 16.2 Å². The number of rotatable bonds is 14. The number of aliphatic hydroxyl groups is 2. The standard InChI is InChI=1S/C28H44N4O2/c1-4-24(13-7-5-6-8-16-26(34)18-21-33)27-23(3)28(32-31-27)30-19-10-9-12-22(2)17-20-29-25-14-11-15-25/h4,7-10,12-13,16,18,23,25,27,29,31,33-34H,5-6,11,14-15,17,19-21H2,1-3H3,(H,30,32)/b10-9-,13-7-,16-8-,22-12+,24-4+,26-18+. The number of nitrogens with zero attached hydrogens (tertiary/aromatic N) is 1. The first kappa shape index (κ1) is 27.8. The number of aliphatic imine (C=N–C) groups is 1. The third kappa shape index (κ3) is 10.2. The normalized spacial score (nSPS) is 24.1. The molecule has 2 aliphatic rings. The summed E-state index contributed by atoms with van der Waals surface area (Å²) in [7, 11) is 0. The molecule has 0 amide bonds. The van der Waals surface area contributed by atoms with Crippen LogP contribution in [-0.4, -0.2) is 47.8 Å². The molecule has 1 aliphatic carbocycles. The van der Waals surface area contributed by atoms with Crippen LogP contribution in [0.5, 0.6) is 0 Å². The van der Waals surface area contributed by atoms with Gasteiger partial charge >= 0.3 is 0 Å². The van der Waals surface area contributed by atoms with E-state index in [1.807, 2.05) is 6.08 Å². The van der Waals surface area contributed by atoms with Crippen LogP contribution in [0.4, 0.5) is 0 Å². The highest BCUT2D eigenvalue weighted by Gasteiger charge is 2.30. The van der Waals surface area contributed by atoms with E-state index in [9.17, 15) is 5.11 Å².